The summed E-state index contributed by atoms with van der Waals surface area (Å²) in [5, 5.41) is 2.89. The van der Waals surface area contributed by atoms with Gasteiger partial charge in [0.05, 0.1) is 17.9 Å². The first kappa shape index (κ1) is 10.7. The van der Waals surface area contributed by atoms with Gasteiger partial charge in [-0.15, -0.1) is 0 Å². The van der Waals surface area contributed by atoms with Gasteiger partial charge in [-0.1, -0.05) is 12.1 Å². The van der Waals surface area contributed by atoms with Gasteiger partial charge in [0.15, 0.2) is 0 Å². The van der Waals surface area contributed by atoms with Crippen LogP contribution in [0, 0.1) is 5.82 Å². The third-order valence-electron chi connectivity index (χ3n) is 2.48. The first-order chi connectivity index (χ1) is 7.68. The Hall–Kier alpha value is -1.84. The Morgan fingerprint density at radius 1 is 1.44 bits per heavy atom. The second kappa shape index (κ2) is 4.35. The summed E-state index contributed by atoms with van der Waals surface area (Å²) in [6.45, 7) is 2.15. The predicted octanol–water partition coefficient (Wildman–Crippen LogP) is 2.46. The van der Waals surface area contributed by atoms with Crippen LogP contribution in [-0.2, 0) is 9.53 Å². The number of carbonyl (C=O) groups excluding carboxylic acids is 1. The Kier molecular flexibility index (Phi) is 2.90. The number of ether oxygens (including phenoxy) is 1. The zero-order valence-electron chi connectivity index (χ0n) is 8.92. The minimum absolute atomic E-state index is 0.318. The molecule has 1 aliphatic rings. The topological polar surface area (TPSA) is 38.3 Å². The molecule has 1 aliphatic heterocycles. The Balaban J connectivity index is 2.22. The fourth-order valence-corrected chi connectivity index (χ4v) is 1.62. The molecule has 0 bridgehead atoms. The quantitative estimate of drug-likeness (QED) is 0.615. The first-order valence-electron chi connectivity index (χ1n) is 5.07. The Morgan fingerprint density at radius 3 is 2.81 bits per heavy atom. The van der Waals surface area contributed by atoms with Crippen molar-refractivity contribution in [2.75, 3.05) is 11.9 Å². The molecule has 84 valence electrons. The molecule has 0 aromatic heterocycles. The van der Waals surface area contributed by atoms with Crippen LogP contribution < -0.4 is 5.32 Å². The number of allylic oxidation sites excluding steroid dienone is 1. The molecule has 0 radical (unpaired) electrons. The third kappa shape index (κ3) is 2.05. The van der Waals surface area contributed by atoms with Crippen molar-refractivity contribution in [1.82, 2.24) is 0 Å². The maximum absolute atomic E-state index is 13.3. The molecule has 0 unspecified atom stereocenters. The fraction of sp³-hybridized carbons (Fsp3) is 0.250. The van der Waals surface area contributed by atoms with Gasteiger partial charge in [0, 0.05) is 12.1 Å². The van der Waals surface area contributed by atoms with E-state index in [0.29, 0.717) is 30.0 Å². The van der Waals surface area contributed by atoms with Gasteiger partial charge in [0.2, 0.25) is 0 Å². The highest BCUT2D eigenvalue weighted by Crippen LogP contribution is 2.21. The normalized spacial score (nSPS) is 18.2. The molecular weight excluding hydrogens is 209 g/mol. The Morgan fingerprint density at radius 2 is 2.19 bits per heavy atom. The summed E-state index contributed by atoms with van der Waals surface area (Å²) in [4.78, 5) is 11.3. The second-order valence-electron chi connectivity index (χ2n) is 3.59. The minimum atomic E-state index is -0.339. The molecule has 1 N–H and O–H groups in total. The average molecular weight is 221 g/mol. The second-order valence-corrected chi connectivity index (χ2v) is 3.59. The van der Waals surface area contributed by atoms with Crippen molar-refractivity contribution < 1.29 is 13.9 Å². The number of anilines is 1. The number of nitrogens with one attached hydrogen (secondary N) is 1. The third-order valence-corrected chi connectivity index (χ3v) is 2.48. The van der Waals surface area contributed by atoms with E-state index in [4.69, 9.17) is 4.74 Å². The number of benzene rings is 1. The number of halogens is 1. The molecule has 1 heterocycles. The molecule has 1 aromatic rings. The van der Waals surface area contributed by atoms with Crippen molar-refractivity contribution in [1.29, 1.82) is 0 Å². The van der Waals surface area contributed by atoms with E-state index in [2.05, 4.69) is 5.32 Å². The maximum atomic E-state index is 13.3. The lowest BCUT2D eigenvalue weighted by atomic mass is 10.2. The number of hydrogen-bond donors (Lipinski definition) is 1. The van der Waals surface area contributed by atoms with Gasteiger partial charge in [-0.05, 0) is 19.1 Å². The monoisotopic (exact) mass is 221 g/mol. The van der Waals surface area contributed by atoms with Crippen LogP contribution >= 0.6 is 0 Å². The predicted molar refractivity (Wildman–Crippen MR) is 58.3 cm³/mol. The Labute approximate surface area is 92.9 Å². The molecular formula is C12H12FNO2. The summed E-state index contributed by atoms with van der Waals surface area (Å²) in [7, 11) is 0. The molecule has 0 amide bonds. The SMILES string of the molecule is C/C(Nc1ccccc1F)=C1/CCOC1=O. The van der Waals surface area contributed by atoms with Gasteiger partial charge in [-0.2, -0.15) is 0 Å². The van der Waals surface area contributed by atoms with Crippen molar-refractivity contribution in [3.8, 4) is 0 Å². The number of rotatable bonds is 2. The number of para-hydroxylation sites is 1. The molecule has 1 aromatic carbocycles. The molecule has 4 heteroatoms. The van der Waals surface area contributed by atoms with Crippen LogP contribution in [-0.4, -0.2) is 12.6 Å². The summed E-state index contributed by atoms with van der Waals surface area (Å²) in [5.74, 6) is -0.657. The highest BCUT2D eigenvalue weighted by molar-refractivity contribution is 5.91. The fourth-order valence-electron chi connectivity index (χ4n) is 1.62. The lowest BCUT2D eigenvalue weighted by Crippen LogP contribution is -2.05. The summed E-state index contributed by atoms with van der Waals surface area (Å²) in [6, 6.07) is 6.34. The van der Waals surface area contributed by atoms with E-state index in [1.165, 1.54) is 6.07 Å². The minimum Gasteiger partial charge on any atom is -0.462 e. The van der Waals surface area contributed by atoms with Crippen LogP contribution in [0.25, 0.3) is 0 Å². The summed E-state index contributed by atoms with van der Waals surface area (Å²) >= 11 is 0. The van der Waals surface area contributed by atoms with Crippen molar-refractivity contribution in [3.05, 3.63) is 41.4 Å². The maximum Gasteiger partial charge on any atom is 0.335 e. The van der Waals surface area contributed by atoms with E-state index < -0.39 is 0 Å². The summed E-state index contributed by atoms with van der Waals surface area (Å²) in [5.41, 5.74) is 1.60. The Bertz CT molecular complexity index is 454. The smallest absolute Gasteiger partial charge is 0.335 e. The molecule has 16 heavy (non-hydrogen) atoms. The van der Waals surface area contributed by atoms with Crippen molar-refractivity contribution >= 4 is 11.7 Å². The molecule has 3 nitrogen and oxygen atoms in total. The van der Waals surface area contributed by atoms with Crippen LogP contribution in [0.3, 0.4) is 0 Å². The van der Waals surface area contributed by atoms with Crippen LogP contribution in [0.15, 0.2) is 35.5 Å². The highest BCUT2D eigenvalue weighted by atomic mass is 19.1. The summed E-state index contributed by atoms with van der Waals surface area (Å²) in [6.07, 6.45) is 0.576. The molecule has 2 rings (SSSR count). The van der Waals surface area contributed by atoms with E-state index in [-0.39, 0.29) is 11.8 Å². The standard InChI is InChI=1S/C12H12FNO2/c1-8(9-6-7-16-12(9)15)14-11-5-3-2-4-10(11)13/h2-5,14H,6-7H2,1H3/b9-8+. The van der Waals surface area contributed by atoms with Crippen LogP contribution in [0.4, 0.5) is 10.1 Å². The molecule has 0 aliphatic carbocycles. The molecule has 0 saturated carbocycles. The van der Waals surface area contributed by atoms with Gasteiger partial charge < -0.3 is 10.1 Å². The van der Waals surface area contributed by atoms with E-state index >= 15 is 0 Å². The van der Waals surface area contributed by atoms with E-state index in [1.54, 1.807) is 25.1 Å². The van der Waals surface area contributed by atoms with Crippen molar-refractivity contribution in [2.45, 2.75) is 13.3 Å². The van der Waals surface area contributed by atoms with Crippen LogP contribution in [0.1, 0.15) is 13.3 Å². The van der Waals surface area contributed by atoms with Crippen molar-refractivity contribution in [3.63, 3.8) is 0 Å². The lowest BCUT2D eigenvalue weighted by Gasteiger charge is -2.08. The average Bonchev–Trinajstić information content (AvgIpc) is 2.68. The van der Waals surface area contributed by atoms with E-state index in [0.717, 1.165) is 0 Å². The number of esters is 1. The van der Waals surface area contributed by atoms with E-state index in [1.807, 2.05) is 0 Å². The van der Waals surface area contributed by atoms with Crippen LogP contribution in [0.5, 0.6) is 0 Å². The van der Waals surface area contributed by atoms with Gasteiger partial charge in [-0.25, -0.2) is 9.18 Å². The molecule has 1 fully saturated rings. The molecule has 1 saturated heterocycles. The molecule has 0 spiro atoms. The largest absolute Gasteiger partial charge is 0.462 e. The number of hydrogen-bond acceptors (Lipinski definition) is 3. The lowest BCUT2D eigenvalue weighted by molar-refractivity contribution is -0.135. The van der Waals surface area contributed by atoms with Crippen LogP contribution in [0.2, 0.25) is 0 Å². The van der Waals surface area contributed by atoms with Gasteiger partial charge in [0.1, 0.15) is 5.82 Å². The summed E-state index contributed by atoms with van der Waals surface area (Å²) < 4.78 is 18.2. The van der Waals surface area contributed by atoms with Gasteiger partial charge in [0.25, 0.3) is 0 Å². The molecule has 0 atom stereocenters. The first-order valence-corrected chi connectivity index (χ1v) is 5.07. The van der Waals surface area contributed by atoms with Gasteiger partial charge in [-0.3, -0.25) is 0 Å². The highest BCUT2D eigenvalue weighted by Gasteiger charge is 2.21. The van der Waals surface area contributed by atoms with E-state index in [9.17, 15) is 9.18 Å². The number of carbonyl (C=O) groups is 1. The number of cyclic esters (lactones) is 1. The van der Waals surface area contributed by atoms with Crippen molar-refractivity contribution in [2.24, 2.45) is 0 Å². The zero-order chi connectivity index (χ0) is 11.5. The zero-order valence-corrected chi connectivity index (χ0v) is 8.92. The van der Waals surface area contributed by atoms with Gasteiger partial charge >= 0.3 is 5.97 Å².